The van der Waals surface area contributed by atoms with Crippen molar-refractivity contribution < 1.29 is 4.74 Å². The molecule has 1 aromatic rings. The van der Waals surface area contributed by atoms with Gasteiger partial charge in [-0.2, -0.15) is 0 Å². The molecular formula is C14H24ClN5O. The summed E-state index contributed by atoms with van der Waals surface area (Å²) in [6.07, 6.45) is 2.63. The van der Waals surface area contributed by atoms with Gasteiger partial charge in [-0.15, -0.1) is 0 Å². The Morgan fingerprint density at radius 2 is 2.24 bits per heavy atom. The van der Waals surface area contributed by atoms with E-state index in [9.17, 15) is 0 Å². The molecule has 21 heavy (non-hydrogen) atoms. The molecule has 0 radical (unpaired) electrons. The Labute approximate surface area is 131 Å². The summed E-state index contributed by atoms with van der Waals surface area (Å²) in [5.41, 5.74) is 0.805. The lowest BCUT2D eigenvalue weighted by molar-refractivity contribution is 0.109. The number of nitrogens with one attached hydrogen (secondary N) is 1. The van der Waals surface area contributed by atoms with Gasteiger partial charge in [-0.05, 0) is 6.42 Å². The number of aromatic nitrogens is 2. The molecule has 7 heteroatoms. The van der Waals surface area contributed by atoms with E-state index in [4.69, 9.17) is 16.3 Å². The van der Waals surface area contributed by atoms with E-state index in [1.165, 1.54) is 6.33 Å². The van der Waals surface area contributed by atoms with Crippen molar-refractivity contribution in [2.45, 2.75) is 19.4 Å². The first-order valence-electron chi connectivity index (χ1n) is 7.37. The molecule has 2 rings (SSSR count). The first kappa shape index (κ1) is 16.3. The van der Waals surface area contributed by atoms with Crippen LogP contribution < -0.4 is 10.2 Å². The molecule has 1 atom stereocenters. The van der Waals surface area contributed by atoms with E-state index in [0.717, 1.165) is 50.7 Å². The average Bonchev–Trinajstić information content (AvgIpc) is 2.52. The molecule has 6 nitrogen and oxygen atoms in total. The average molecular weight is 314 g/mol. The third-order valence-electron chi connectivity index (χ3n) is 3.99. The van der Waals surface area contributed by atoms with Crippen LogP contribution in [-0.4, -0.2) is 67.9 Å². The summed E-state index contributed by atoms with van der Waals surface area (Å²) in [6.45, 7) is 6.86. The second-order valence-corrected chi connectivity index (χ2v) is 5.51. The molecule has 0 spiro atoms. The van der Waals surface area contributed by atoms with Gasteiger partial charge in [-0.3, -0.25) is 4.90 Å². The molecule has 1 aliphatic rings. The molecule has 0 saturated carbocycles. The molecule has 0 amide bonds. The summed E-state index contributed by atoms with van der Waals surface area (Å²) < 4.78 is 5.20. The first-order chi connectivity index (χ1) is 10.2. The lowest BCUT2D eigenvalue weighted by Gasteiger charge is -2.42. The van der Waals surface area contributed by atoms with E-state index in [1.807, 2.05) is 7.05 Å². The smallest absolute Gasteiger partial charge is 0.157 e. The zero-order valence-electron chi connectivity index (χ0n) is 13.0. The van der Waals surface area contributed by atoms with Crippen LogP contribution in [0.4, 0.5) is 11.5 Å². The molecule has 0 aliphatic carbocycles. The molecule has 1 aliphatic heterocycles. The number of halogens is 1. The third kappa shape index (κ3) is 3.75. The Morgan fingerprint density at radius 3 is 2.90 bits per heavy atom. The molecule has 1 unspecified atom stereocenters. The maximum atomic E-state index is 6.15. The zero-order valence-corrected chi connectivity index (χ0v) is 13.7. The van der Waals surface area contributed by atoms with Gasteiger partial charge in [0.25, 0.3) is 0 Å². The van der Waals surface area contributed by atoms with Crippen LogP contribution in [0.1, 0.15) is 13.3 Å². The van der Waals surface area contributed by atoms with E-state index in [1.54, 1.807) is 7.11 Å². The lowest BCUT2D eigenvalue weighted by Crippen LogP contribution is -2.54. The van der Waals surface area contributed by atoms with Crippen LogP contribution in [0, 0.1) is 0 Å². The Balaban J connectivity index is 2.11. The third-order valence-corrected chi connectivity index (χ3v) is 4.28. The van der Waals surface area contributed by atoms with Crippen molar-refractivity contribution in [2.24, 2.45) is 0 Å². The van der Waals surface area contributed by atoms with Crippen molar-refractivity contribution in [3.8, 4) is 0 Å². The highest BCUT2D eigenvalue weighted by molar-refractivity contribution is 6.32. The van der Waals surface area contributed by atoms with E-state index < -0.39 is 0 Å². The first-order valence-corrected chi connectivity index (χ1v) is 7.75. The predicted octanol–water partition coefficient (Wildman–Crippen LogP) is 1.72. The Bertz CT molecular complexity index is 459. The highest BCUT2D eigenvalue weighted by Gasteiger charge is 2.27. The van der Waals surface area contributed by atoms with Gasteiger partial charge in [0.05, 0.1) is 6.61 Å². The molecule has 1 N–H and O–H groups in total. The molecule has 1 saturated heterocycles. The summed E-state index contributed by atoms with van der Waals surface area (Å²) in [7, 11) is 3.60. The molecule has 118 valence electrons. The minimum atomic E-state index is 0.470. The SMILES string of the molecule is CCC1CN(c2ncnc(Cl)c2NC)CCN1CCOC. The number of ether oxygens (including phenoxy) is 1. The molecule has 0 bridgehead atoms. The van der Waals surface area contributed by atoms with Gasteiger partial charge in [0, 0.05) is 46.4 Å². The second-order valence-electron chi connectivity index (χ2n) is 5.15. The van der Waals surface area contributed by atoms with Gasteiger partial charge in [-0.25, -0.2) is 9.97 Å². The Morgan fingerprint density at radius 1 is 1.43 bits per heavy atom. The van der Waals surface area contributed by atoms with Crippen LogP contribution >= 0.6 is 11.6 Å². The zero-order chi connectivity index (χ0) is 15.2. The maximum absolute atomic E-state index is 6.15. The molecular weight excluding hydrogens is 290 g/mol. The van der Waals surface area contributed by atoms with Crippen LogP contribution in [0.2, 0.25) is 5.15 Å². The largest absolute Gasteiger partial charge is 0.383 e. The van der Waals surface area contributed by atoms with Crippen molar-refractivity contribution >= 4 is 23.1 Å². The van der Waals surface area contributed by atoms with Crippen molar-refractivity contribution in [3.63, 3.8) is 0 Å². The number of hydrogen-bond acceptors (Lipinski definition) is 6. The number of methoxy groups -OCH3 is 1. The topological polar surface area (TPSA) is 53.5 Å². The van der Waals surface area contributed by atoms with Crippen molar-refractivity contribution in [1.82, 2.24) is 14.9 Å². The summed E-state index contributed by atoms with van der Waals surface area (Å²) in [5.74, 6) is 0.891. The standard InChI is InChI=1S/C14H24ClN5O/c1-4-11-9-20(6-5-19(11)7-8-21-3)14-12(16-2)13(15)17-10-18-14/h10-11,16H,4-9H2,1-3H3. The molecule has 0 aromatic carbocycles. The highest BCUT2D eigenvalue weighted by Crippen LogP contribution is 2.30. The van der Waals surface area contributed by atoms with Gasteiger partial charge in [0.15, 0.2) is 11.0 Å². The number of nitrogens with zero attached hydrogens (tertiary/aromatic N) is 4. The molecule has 1 fully saturated rings. The second kappa shape index (κ2) is 7.77. The summed E-state index contributed by atoms with van der Waals surface area (Å²) in [6, 6.07) is 0.507. The normalized spacial score (nSPS) is 19.8. The summed E-state index contributed by atoms with van der Waals surface area (Å²) >= 11 is 6.15. The van der Waals surface area contributed by atoms with Crippen LogP contribution in [0.25, 0.3) is 0 Å². The van der Waals surface area contributed by atoms with Crippen molar-refractivity contribution in [1.29, 1.82) is 0 Å². The molecule has 2 heterocycles. The van der Waals surface area contributed by atoms with E-state index in [2.05, 4.69) is 32.0 Å². The lowest BCUT2D eigenvalue weighted by atomic mass is 10.1. The minimum Gasteiger partial charge on any atom is -0.383 e. The number of hydrogen-bond donors (Lipinski definition) is 1. The quantitative estimate of drug-likeness (QED) is 0.807. The van der Waals surface area contributed by atoms with Crippen LogP contribution in [0.15, 0.2) is 6.33 Å². The summed E-state index contributed by atoms with van der Waals surface area (Å²) in [5, 5.41) is 3.58. The number of piperazine rings is 1. The van der Waals surface area contributed by atoms with E-state index in [-0.39, 0.29) is 0 Å². The number of anilines is 2. The Hall–Kier alpha value is -1.11. The van der Waals surface area contributed by atoms with Crippen molar-refractivity contribution in [3.05, 3.63) is 11.5 Å². The fourth-order valence-corrected chi connectivity index (χ4v) is 3.01. The maximum Gasteiger partial charge on any atom is 0.157 e. The van der Waals surface area contributed by atoms with Crippen molar-refractivity contribution in [2.75, 3.05) is 57.2 Å². The molecule has 1 aromatic heterocycles. The fraction of sp³-hybridized carbons (Fsp3) is 0.714. The fourth-order valence-electron chi connectivity index (χ4n) is 2.79. The van der Waals surface area contributed by atoms with Gasteiger partial charge < -0.3 is 15.0 Å². The van der Waals surface area contributed by atoms with Crippen LogP contribution in [0.5, 0.6) is 0 Å². The highest BCUT2D eigenvalue weighted by atomic mass is 35.5. The van der Waals surface area contributed by atoms with E-state index in [0.29, 0.717) is 11.2 Å². The minimum absolute atomic E-state index is 0.470. The van der Waals surface area contributed by atoms with Crippen LogP contribution in [-0.2, 0) is 4.74 Å². The van der Waals surface area contributed by atoms with Gasteiger partial charge in [0.1, 0.15) is 12.0 Å². The van der Waals surface area contributed by atoms with E-state index >= 15 is 0 Å². The predicted molar refractivity (Wildman–Crippen MR) is 86.3 cm³/mol. The number of rotatable bonds is 6. The van der Waals surface area contributed by atoms with Gasteiger partial charge in [0.2, 0.25) is 0 Å². The van der Waals surface area contributed by atoms with Gasteiger partial charge >= 0.3 is 0 Å². The Kier molecular flexibility index (Phi) is 6.02. The van der Waals surface area contributed by atoms with Crippen LogP contribution in [0.3, 0.4) is 0 Å². The summed E-state index contributed by atoms with van der Waals surface area (Å²) in [4.78, 5) is 13.2. The van der Waals surface area contributed by atoms with Gasteiger partial charge in [-0.1, -0.05) is 18.5 Å². The monoisotopic (exact) mass is 313 g/mol.